The van der Waals surface area contributed by atoms with Gasteiger partial charge in [-0.25, -0.2) is 0 Å². The minimum Gasteiger partial charge on any atom is -0.376 e. The zero-order chi connectivity index (χ0) is 17.8. The Labute approximate surface area is 155 Å². The molecule has 2 aromatic carbocycles. The van der Waals surface area contributed by atoms with Gasteiger partial charge in [-0.05, 0) is 49.2 Å². The number of halogens is 2. The molecular formula is C18H17Cl2N3O2. The molecule has 1 fully saturated rings. The number of hydrogen-bond acceptors (Lipinski definition) is 3. The number of hydrogen-bond donors (Lipinski definition) is 3. The first-order valence-electron chi connectivity index (χ1n) is 7.91. The molecule has 1 aliphatic rings. The molecule has 1 saturated carbocycles. The lowest BCUT2D eigenvalue weighted by molar-refractivity contribution is -0.117. The molecule has 0 atom stereocenters. The third kappa shape index (κ3) is 4.87. The average Bonchev–Trinajstić information content (AvgIpc) is 3.43. The van der Waals surface area contributed by atoms with Gasteiger partial charge in [-0.15, -0.1) is 0 Å². The summed E-state index contributed by atoms with van der Waals surface area (Å²) in [5.74, 6) is -0.00595. The Morgan fingerprint density at radius 1 is 0.960 bits per heavy atom. The predicted octanol–water partition coefficient (Wildman–Crippen LogP) is 4.39. The van der Waals surface area contributed by atoms with Crippen LogP contribution in [0, 0.1) is 5.92 Å². The first-order valence-corrected chi connectivity index (χ1v) is 8.67. The van der Waals surface area contributed by atoms with Gasteiger partial charge < -0.3 is 16.0 Å². The second-order valence-corrected chi connectivity index (χ2v) is 6.63. The number of nitrogens with one attached hydrogen (secondary N) is 3. The zero-order valence-corrected chi connectivity index (χ0v) is 14.8. The highest BCUT2D eigenvalue weighted by Crippen LogP contribution is 2.30. The molecule has 3 rings (SSSR count). The summed E-state index contributed by atoms with van der Waals surface area (Å²) in [5.41, 5.74) is 1.99. The maximum Gasteiger partial charge on any atom is 0.243 e. The standard InChI is InChI=1S/C18H17Cl2N3O2/c19-14-2-1-3-15(17(14)20)23-16(24)10-21-12-6-8-13(9-7-12)22-18(25)11-4-5-11/h1-3,6-9,11,21H,4-5,10H2,(H,22,25)(H,23,24). The maximum absolute atomic E-state index is 12.0. The number of carbonyl (C=O) groups excluding carboxylic acids is 2. The van der Waals surface area contributed by atoms with Crippen LogP contribution >= 0.6 is 23.2 Å². The zero-order valence-electron chi connectivity index (χ0n) is 13.3. The van der Waals surface area contributed by atoms with E-state index < -0.39 is 0 Å². The van der Waals surface area contributed by atoms with Crippen molar-refractivity contribution in [2.75, 3.05) is 22.5 Å². The molecule has 0 saturated heterocycles. The van der Waals surface area contributed by atoms with Crippen LogP contribution in [0.25, 0.3) is 0 Å². The molecule has 5 nitrogen and oxygen atoms in total. The van der Waals surface area contributed by atoms with Gasteiger partial charge in [0.1, 0.15) is 0 Å². The molecule has 0 unspecified atom stereocenters. The summed E-state index contributed by atoms with van der Waals surface area (Å²) in [6.45, 7) is 0.0800. The van der Waals surface area contributed by atoms with Crippen LogP contribution in [0.5, 0.6) is 0 Å². The average molecular weight is 378 g/mol. The molecule has 0 aromatic heterocycles. The third-order valence-electron chi connectivity index (χ3n) is 3.78. The number of carbonyl (C=O) groups is 2. The van der Waals surface area contributed by atoms with E-state index in [1.807, 2.05) is 12.1 Å². The first kappa shape index (κ1) is 17.6. The van der Waals surface area contributed by atoms with Crippen molar-refractivity contribution >= 4 is 52.1 Å². The monoisotopic (exact) mass is 377 g/mol. The van der Waals surface area contributed by atoms with Crippen LogP contribution in [0.2, 0.25) is 10.0 Å². The number of anilines is 3. The van der Waals surface area contributed by atoms with Gasteiger partial charge in [0.05, 0.1) is 22.3 Å². The Bertz CT molecular complexity index is 789. The van der Waals surface area contributed by atoms with Crippen molar-refractivity contribution in [2.24, 2.45) is 5.92 Å². The Balaban J connectivity index is 1.50. The largest absolute Gasteiger partial charge is 0.376 e. The summed E-state index contributed by atoms with van der Waals surface area (Å²) in [7, 11) is 0. The van der Waals surface area contributed by atoms with Gasteiger partial charge in [-0.1, -0.05) is 29.3 Å². The lowest BCUT2D eigenvalue weighted by atomic mass is 10.2. The van der Waals surface area contributed by atoms with Crippen LogP contribution in [0.3, 0.4) is 0 Å². The Hall–Kier alpha value is -2.24. The van der Waals surface area contributed by atoms with Crippen LogP contribution in [-0.2, 0) is 9.59 Å². The minimum absolute atomic E-state index is 0.0680. The quantitative estimate of drug-likeness (QED) is 0.698. The Kier molecular flexibility index (Phi) is 5.46. The van der Waals surface area contributed by atoms with Crippen molar-refractivity contribution in [1.82, 2.24) is 0 Å². The molecule has 3 N–H and O–H groups in total. The molecule has 0 aliphatic heterocycles. The van der Waals surface area contributed by atoms with Crippen LogP contribution in [0.1, 0.15) is 12.8 Å². The highest BCUT2D eigenvalue weighted by Gasteiger charge is 2.29. The molecule has 0 radical (unpaired) electrons. The van der Waals surface area contributed by atoms with Gasteiger partial charge in [0.2, 0.25) is 11.8 Å². The second kappa shape index (κ2) is 7.76. The maximum atomic E-state index is 12.0. The summed E-state index contributed by atoms with van der Waals surface area (Å²) in [6.07, 6.45) is 1.94. The third-order valence-corrected chi connectivity index (χ3v) is 4.60. The van der Waals surface area contributed by atoms with E-state index in [-0.39, 0.29) is 24.3 Å². The van der Waals surface area contributed by atoms with Crippen LogP contribution in [0.4, 0.5) is 17.1 Å². The van der Waals surface area contributed by atoms with Gasteiger partial charge in [0, 0.05) is 17.3 Å². The molecule has 130 valence electrons. The molecular weight excluding hydrogens is 361 g/mol. The first-order chi connectivity index (χ1) is 12.0. The molecule has 7 heteroatoms. The summed E-state index contributed by atoms with van der Waals surface area (Å²) in [4.78, 5) is 23.7. The van der Waals surface area contributed by atoms with Crippen molar-refractivity contribution in [1.29, 1.82) is 0 Å². The summed E-state index contributed by atoms with van der Waals surface area (Å²) < 4.78 is 0. The van der Waals surface area contributed by atoms with E-state index in [0.717, 1.165) is 24.2 Å². The Morgan fingerprint density at radius 2 is 1.64 bits per heavy atom. The molecule has 0 heterocycles. The van der Waals surface area contributed by atoms with E-state index in [9.17, 15) is 9.59 Å². The van der Waals surface area contributed by atoms with E-state index >= 15 is 0 Å². The second-order valence-electron chi connectivity index (χ2n) is 5.84. The fraction of sp³-hybridized carbons (Fsp3) is 0.222. The number of benzene rings is 2. The number of rotatable bonds is 6. The fourth-order valence-electron chi connectivity index (χ4n) is 2.24. The summed E-state index contributed by atoms with van der Waals surface area (Å²) in [6, 6.07) is 12.3. The van der Waals surface area contributed by atoms with Crippen LogP contribution in [0.15, 0.2) is 42.5 Å². The predicted molar refractivity (Wildman–Crippen MR) is 101 cm³/mol. The molecule has 25 heavy (non-hydrogen) atoms. The van der Waals surface area contributed by atoms with Crippen LogP contribution in [-0.4, -0.2) is 18.4 Å². The van der Waals surface area contributed by atoms with Crippen molar-refractivity contribution in [3.8, 4) is 0 Å². The molecule has 1 aliphatic carbocycles. The van der Waals surface area contributed by atoms with E-state index in [1.165, 1.54) is 0 Å². The van der Waals surface area contributed by atoms with E-state index in [0.29, 0.717) is 15.7 Å². The van der Waals surface area contributed by atoms with E-state index in [2.05, 4.69) is 16.0 Å². The molecule has 2 amide bonds. The van der Waals surface area contributed by atoms with Gasteiger partial charge in [0.25, 0.3) is 0 Å². The van der Waals surface area contributed by atoms with Crippen molar-refractivity contribution in [3.05, 3.63) is 52.5 Å². The topological polar surface area (TPSA) is 70.2 Å². The van der Waals surface area contributed by atoms with Crippen molar-refractivity contribution < 1.29 is 9.59 Å². The fourth-order valence-corrected chi connectivity index (χ4v) is 2.59. The van der Waals surface area contributed by atoms with Crippen LogP contribution < -0.4 is 16.0 Å². The van der Waals surface area contributed by atoms with Gasteiger partial charge in [-0.3, -0.25) is 9.59 Å². The smallest absolute Gasteiger partial charge is 0.243 e. The number of amides is 2. The normalized spacial score (nSPS) is 13.2. The molecule has 0 spiro atoms. The van der Waals surface area contributed by atoms with E-state index in [4.69, 9.17) is 23.2 Å². The summed E-state index contributed by atoms with van der Waals surface area (Å²) in [5, 5.41) is 9.28. The molecule has 0 bridgehead atoms. The lowest BCUT2D eigenvalue weighted by Gasteiger charge is -2.10. The summed E-state index contributed by atoms with van der Waals surface area (Å²) >= 11 is 12.0. The van der Waals surface area contributed by atoms with Gasteiger partial charge in [0.15, 0.2) is 0 Å². The minimum atomic E-state index is -0.240. The van der Waals surface area contributed by atoms with Crippen molar-refractivity contribution in [2.45, 2.75) is 12.8 Å². The highest BCUT2D eigenvalue weighted by molar-refractivity contribution is 6.44. The van der Waals surface area contributed by atoms with E-state index in [1.54, 1.807) is 30.3 Å². The Morgan fingerprint density at radius 3 is 2.32 bits per heavy atom. The highest BCUT2D eigenvalue weighted by atomic mass is 35.5. The SMILES string of the molecule is O=C(CNc1ccc(NC(=O)C2CC2)cc1)Nc1cccc(Cl)c1Cl. The molecule has 2 aromatic rings. The van der Waals surface area contributed by atoms with Gasteiger partial charge in [-0.2, -0.15) is 0 Å². The van der Waals surface area contributed by atoms with Gasteiger partial charge >= 0.3 is 0 Å². The van der Waals surface area contributed by atoms with Crippen molar-refractivity contribution in [3.63, 3.8) is 0 Å². The lowest BCUT2D eigenvalue weighted by Crippen LogP contribution is -2.22.